The van der Waals surface area contributed by atoms with E-state index < -0.39 is 11.4 Å². The van der Waals surface area contributed by atoms with Gasteiger partial charge in [0.05, 0.1) is 30.2 Å². The lowest BCUT2D eigenvalue weighted by Crippen LogP contribution is -2.22. The zero-order valence-electron chi connectivity index (χ0n) is 16.6. The van der Waals surface area contributed by atoms with Gasteiger partial charge in [0.2, 0.25) is 11.8 Å². The van der Waals surface area contributed by atoms with Crippen LogP contribution in [0.4, 0.5) is 21.8 Å². The second kappa shape index (κ2) is 7.92. The fraction of sp³-hybridized carbons (Fsp3) is 0.316. The number of pyridine rings is 2. The Morgan fingerprint density at radius 1 is 1.17 bits per heavy atom. The molecule has 0 aliphatic carbocycles. The molecule has 0 radical (unpaired) electrons. The maximum absolute atomic E-state index is 14.0. The van der Waals surface area contributed by atoms with Crippen molar-refractivity contribution in [2.24, 2.45) is 0 Å². The zero-order valence-corrected chi connectivity index (χ0v) is 16.6. The molecule has 0 aliphatic rings. The highest BCUT2D eigenvalue weighted by atomic mass is 19.1. The van der Waals surface area contributed by atoms with E-state index in [1.165, 1.54) is 19.4 Å². The number of methoxy groups -OCH3 is 1. The predicted molar refractivity (Wildman–Crippen MR) is 106 cm³/mol. The molecular formula is C19H22FN7O2. The molecule has 0 spiro atoms. The first kappa shape index (κ1) is 20.3. The molecule has 3 rings (SSSR count). The van der Waals surface area contributed by atoms with E-state index in [2.05, 4.69) is 30.2 Å². The Bertz CT molecular complexity index is 1020. The molecule has 3 aromatic heterocycles. The quantitative estimate of drug-likeness (QED) is 0.571. The summed E-state index contributed by atoms with van der Waals surface area (Å²) in [5.41, 5.74) is 6.52. The van der Waals surface area contributed by atoms with Crippen LogP contribution in [0.3, 0.4) is 0 Å². The molecule has 0 aromatic carbocycles. The van der Waals surface area contributed by atoms with Crippen molar-refractivity contribution < 1.29 is 14.2 Å². The van der Waals surface area contributed by atoms with Crippen LogP contribution >= 0.6 is 0 Å². The van der Waals surface area contributed by atoms with E-state index in [-0.39, 0.29) is 11.8 Å². The van der Waals surface area contributed by atoms with Gasteiger partial charge in [-0.05, 0) is 32.4 Å². The van der Waals surface area contributed by atoms with Crippen molar-refractivity contribution in [3.05, 3.63) is 41.7 Å². The first-order valence-electron chi connectivity index (χ1n) is 8.81. The smallest absolute Gasteiger partial charge is 0.250 e. The van der Waals surface area contributed by atoms with Gasteiger partial charge in [-0.15, -0.1) is 0 Å². The van der Waals surface area contributed by atoms with E-state index in [4.69, 9.17) is 10.5 Å². The minimum absolute atomic E-state index is 0.0727. The van der Waals surface area contributed by atoms with E-state index in [9.17, 15) is 9.50 Å². The highest BCUT2D eigenvalue weighted by molar-refractivity contribution is 5.75. The summed E-state index contributed by atoms with van der Waals surface area (Å²) in [7, 11) is 1.34. The molecule has 3 heterocycles. The number of aromatic nitrogens is 5. The van der Waals surface area contributed by atoms with Crippen LogP contribution in [0.2, 0.25) is 0 Å². The van der Waals surface area contributed by atoms with Crippen LogP contribution in [0.25, 0.3) is 11.4 Å². The van der Waals surface area contributed by atoms with Crippen LogP contribution in [0.5, 0.6) is 5.88 Å². The number of nitrogens with two attached hydrogens (primary N) is 1. The number of aryl methyl sites for hydroxylation is 1. The highest BCUT2D eigenvalue weighted by Gasteiger charge is 2.18. The van der Waals surface area contributed by atoms with Crippen LogP contribution in [-0.4, -0.2) is 42.7 Å². The maximum atomic E-state index is 14.0. The Labute approximate surface area is 167 Å². The van der Waals surface area contributed by atoms with Crippen molar-refractivity contribution in [3.63, 3.8) is 0 Å². The summed E-state index contributed by atoms with van der Waals surface area (Å²) in [5.74, 6) is 0.487. The van der Waals surface area contributed by atoms with Crippen molar-refractivity contribution in [1.29, 1.82) is 0 Å². The van der Waals surface area contributed by atoms with Crippen molar-refractivity contribution in [1.82, 2.24) is 24.9 Å². The summed E-state index contributed by atoms with van der Waals surface area (Å²) >= 11 is 0. The number of halogens is 1. The van der Waals surface area contributed by atoms with Gasteiger partial charge >= 0.3 is 0 Å². The molecule has 9 nitrogen and oxygen atoms in total. The number of anilines is 3. The number of hydrogen-bond donors (Lipinski definition) is 3. The lowest BCUT2D eigenvalue weighted by atomic mass is 9.99. The van der Waals surface area contributed by atoms with Gasteiger partial charge in [-0.25, -0.2) is 19.3 Å². The number of nitrogens with one attached hydrogen (secondary N) is 1. The van der Waals surface area contributed by atoms with Crippen LogP contribution in [0.15, 0.2) is 24.5 Å². The normalized spacial score (nSPS) is 11.4. The third-order valence-electron chi connectivity index (χ3n) is 3.85. The third-order valence-corrected chi connectivity index (χ3v) is 3.85. The second-order valence-electron chi connectivity index (χ2n) is 7.13. The topological polar surface area (TPSA) is 132 Å². The van der Waals surface area contributed by atoms with E-state index in [0.29, 0.717) is 35.1 Å². The zero-order chi connectivity index (χ0) is 21.2. The second-order valence-corrected chi connectivity index (χ2v) is 7.13. The number of hydrogen-bond acceptors (Lipinski definition) is 9. The fourth-order valence-corrected chi connectivity index (χ4v) is 2.78. The van der Waals surface area contributed by atoms with Gasteiger partial charge in [0.1, 0.15) is 11.6 Å². The maximum Gasteiger partial charge on any atom is 0.250 e. The van der Waals surface area contributed by atoms with E-state index in [1.807, 2.05) is 0 Å². The molecule has 3 aromatic rings. The summed E-state index contributed by atoms with van der Waals surface area (Å²) in [4.78, 5) is 20.8. The predicted octanol–water partition coefficient (Wildman–Crippen LogP) is 2.42. The van der Waals surface area contributed by atoms with Gasteiger partial charge in [-0.2, -0.15) is 9.97 Å². The van der Waals surface area contributed by atoms with Crippen LogP contribution in [0, 0.1) is 12.7 Å². The molecule has 10 heteroatoms. The Balaban J connectivity index is 2.06. The first-order chi connectivity index (χ1) is 13.6. The van der Waals surface area contributed by atoms with Gasteiger partial charge in [-0.1, -0.05) is 0 Å². The monoisotopic (exact) mass is 399 g/mol. The van der Waals surface area contributed by atoms with Gasteiger partial charge in [0, 0.05) is 18.7 Å². The molecule has 0 bridgehead atoms. The van der Waals surface area contributed by atoms with Crippen molar-refractivity contribution in [3.8, 4) is 17.3 Å². The Morgan fingerprint density at radius 2 is 1.93 bits per heavy atom. The van der Waals surface area contributed by atoms with Gasteiger partial charge in [0.25, 0.3) is 0 Å². The van der Waals surface area contributed by atoms with Crippen LogP contribution < -0.4 is 15.8 Å². The van der Waals surface area contributed by atoms with Gasteiger partial charge in [0.15, 0.2) is 11.6 Å². The third kappa shape index (κ3) is 5.11. The van der Waals surface area contributed by atoms with Crippen molar-refractivity contribution >= 4 is 17.5 Å². The van der Waals surface area contributed by atoms with E-state index >= 15 is 0 Å². The molecule has 0 amide bonds. The summed E-state index contributed by atoms with van der Waals surface area (Å²) in [6.07, 6.45) is 3.41. The number of rotatable bonds is 6. The molecule has 0 saturated heterocycles. The van der Waals surface area contributed by atoms with E-state index in [0.717, 1.165) is 5.56 Å². The largest absolute Gasteiger partial charge is 0.479 e. The number of nitrogens with zero attached hydrogens (tertiary/aromatic N) is 5. The Hall–Kier alpha value is -3.40. The first-order valence-corrected chi connectivity index (χ1v) is 8.81. The van der Waals surface area contributed by atoms with Gasteiger partial charge < -0.3 is 20.9 Å². The molecule has 4 N–H and O–H groups in total. The van der Waals surface area contributed by atoms with Gasteiger partial charge in [-0.3, -0.25) is 0 Å². The molecule has 0 fully saturated rings. The number of aliphatic hydroxyl groups is 1. The summed E-state index contributed by atoms with van der Waals surface area (Å²) in [6, 6.07) is 3.05. The van der Waals surface area contributed by atoms with E-state index in [1.54, 1.807) is 33.0 Å². The number of nitrogen functional groups attached to an aromatic ring is 1. The average molecular weight is 399 g/mol. The summed E-state index contributed by atoms with van der Waals surface area (Å²) in [6.45, 7) is 5.11. The molecule has 0 atom stereocenters. The summed E-state index contributed by atoms with van der Waals surface area (Å²) in [5, 5.41) is 13.2. The average Bonchev–Trinajstić information content (AvgIpc) is 2.61. The SMILES string of the molecule is COc1ncc(Nc2ncc(CC(C)(C)O)cc2-c2nc(C)nc(N)n2)cc1F. The highest BCUT2D eigenvalue weighted by Crippen LogP contribution is 2.29. The fourth-order valence-electron chi connectivity index (χ4n) is 2.78. The van der Waals surface area contributed by atoms with Crippen LogP contribution in [0.1, 0.15) is 25.2 Å². The molecule has 29 heavy (non-hydrogen) atoms. The van der Waals surface area contributed by atoms with Crippen molar-refractivity contribution in [2.45, 2.75) is 32.8 Å². The van der Waals surface area contributed by atoms with Crippen molar-refractivity contribution in [2.75, 3.05) is 18.2 Å². The minimum atomic E-state index is -0.926. The lowest BCUT2D eigenvalue weighted by molar-refractivity contribution is 0.0809. The standard InChI is InChI=1S/C19H22FN7O2/c1-10-24-16(27-18(21)25-10)13-5-11(7-19(2,3)28)8-22-15(13)26-12-6-14(20)17(29-4)23-9-12/h5-6,8-9,28H,7H2,1-4H3,(H,22,26)(H2,21,24,25,27). The molecular weight excluding hydrogens is 377 g/mol. The lowest BCUT2D eigenvalue weighted by Gasteiger charge is -2.18. The Morgan fingerprint density at radius 3 is 2.55 bits per heavy atom. The molecule has 0 unspecified atom stereocenters. The molecule has 0 saturated carbocycles. The minimum Gasteiger partial charge on any atom is -0.479 e. The summed E-state index contributed by atoms with van der Waals surface area (Å²) < 4.78 is 18.8. The molecule has 0 aliphatic heterocycles. The van der Waals surface area contributed by atoms with Crippen LogP contribution in [-0.2, 0) is 6.42 Å². The molecule has 152 valence electrons. The number of ether oxygens (including phenoxy) is 1. The Kier molecular flexibility index (Phi) is 5.55.